The fourth-order valence-electron chi connectivity index (χ4n) is 4.20. The number of thioether (sulfide) groups is 1. The number of ether oxygens (including phenoxy) is 2. The highest BCUT2D eigenvalue weighted by Gasteiger charge is 2.32. The average Bonchev–Trinajstić information content (AvgIpc) is 3.32. The zero-order chi connectivity index (χ0) is 20.1. The fourth-order valence-corrected chi connectivity index (χ4v) is 5.41. The highest BCUT2D eigenvalue weighted by Crippen LogP contribution is 2.51. The van der Waals surface area contributed by atoms with Gasteiger partial charge in [0.1, 0.15) is 6.61 Å². The van der Waals surface area contributed by atoms with Crippen LogP contribution < -0.4 is 9.47 Å². The van der Waals surface area contributed by atoms with Crippen molar-refractivity contribution < 1.29 is 9.47 Å². The minimum Gasteiger partial charge on any atom is -0.485 e. The Kier molecular flexibility index (Phi) is 4.06. The van der Waals surface area contributed by atoms with E-state index in [1.165, 1.54) is 22.3 Å². The van der Waals surface area contributed by atoms with Crippen LogP contribution in [-0.2, 0) is 7.05 Å². The first-order valence-corrected chi connectivity index (χ1v) is 10.8. The summed E-state index contributed by atoms with van der Waals surface area (Å²) >= 11 is 1.73. The number of benzene rings is 3. The maximum atomic E-state index is 6.14. The van der Waals surface area contributed by atoms with Crippen LogP contribution in [-0.4, -0.2) is 21.4 Å². The Bertz CT molecular complexity index is 1210. The van der Waals surface area contributed by atoms with E-state index in [0.717, 1.165) is 22.5 Å². The summed E-state index contributed by atoms with van der Waals surface area (Å²) in [5.41, 5.74) is 5.24. The molecule has 1 aliphatic carbocycles. The number of para-hydroxylation sites is 2. The van der Waals surface area contributed by atoms with E-state index in [4.69, 9.17) is 9.47 Å². The van der Waals surface area contributed by atoms with Gasteiger partial charge in [-0.1, -0.05) is 72.4 Å². The zero-order valence-corrected chi connectivity index (χ0v) is 17.2. The van der Waals surface area contributed by atoms with Gasteiger partial charge in [0, 0.05) is 7.05 Å². The van der Waals surface area contributed by atoms with Gasteiger partial charge >= 0.3 is 0 Å². The molecule has 0 radical (unpaired) electrons. The molecule has 2 aliphatic rings. The first-order chi connectivity index (χ1) is 14.8. The summed E-state index contributed by atoms with van der Waals surface area (Å²) in [5, 5.41) is 10.0. The Hall–Kier alpha value is -3.25. The van der Waals surface area contributed by atoms with E-state index in [1.54, 1.807) is 11.8 Å². The molecule has 6 heteroatoms. The highest BCUT2D eigenvalue weighted by molar-refractivity contribution is 7.99. The van der Waals surface area contributed by atoms with Crippen LogP contribution in [0.15, 0.2) is 78.0 Å². The van der Waals surface area contributed by atoms with Crippen LogP contribution in [0, 0.1) is 0 Å². The lowest BCUT2D eigenvalue weighted by Gasteiger charge is -2.25. The summed E-state index contributed by atoms with van der Waals surface area (Å²) in [6.07, 6.45) is -0.282. The van der Waals surface area contributed by atoms with E-state index < -0.39 is 0 Å². The number of nitrogens with zero attached hydrogens (tertiary/aromatic N) is 3. The molecule has 6 rings (SSSR count). The van der Waals surface area contributed by atoms with Crippen molar-refractivity contribution in [3.8, 4) is 22.6 Å². The van der Waals surface area contributed by atoms with Gasteiger partial charge in [-0.25, -0.2) is 0 Å². The number of rotatable bonds is 3. The van der Waals surface area contributed by atoms with Crippen molar-refractivity contribution in [1.29, 1.82) is 0 Å². The molecule has 1 atom stereocenters. The first kappa shape index (κ1) is 17.6. The minimum atomic E-state index is -0.282. The summed E-state index contributed by atoms with van der Waals surface area (Å²) < 4.78 is 14.0. The largest absolute Gasteiger partial charge is 0.485 e. The molecule has 1 unspecified atom stereocenters. The van der Waals surface area contributed by atoms with E-state index in [0.29, 0.717) is 6.61 Å². The average molecular weight is 414 g/mol. The van der Waals surface area contributed by atoms with Gasteiger partial charge in [0.15, 0.2) is 28.6 Å². The third-order valence-electron chi connectivity index (χ3n) is 5.67. The summed E-state index contributed by atoms with van der Waals surface area (Å²) in [4.78, 5) is 0. The summed E-state index contributed by atoms with van der Waals surface area (Å²) in [7, 11) is 1.99. The van der Waals surface area contributed by atoms with Crippen molar-refractivity contribution in [2.75, 3.05) is 6.61 Å². The lowest BCUT2D eigenvalue weighted by molar-refractivity contribution is 0.0825. The van der Waals surface area contributed by atoms with Crippen molar-refractivity contribution in [3.05, 3.63) is 89.7 Å². The molecule has 5 nitrogen and oxygen atoms in total. The normalized spacial score (nSPS) is 16.9. The molecule has 1 aromatic heterocycles. The van der Waals surface area contributed by atoms with Crippen LogP contribution in [0.1, 0.15) is 28.3 Å². The van der Waals surface area contributed by atoms with Gasteiger partial charge in [-0.05, 0) is 34.4 Å². The second kappa shape index (κ2) is 6.92. The van der Waals surface area contributed by atoms with E-state index in [-0.39, 0.29) is 11.4 Å². The van der Waals surface area contributed by atoms with Gasteiger partial charge in [-0.2, -0.15) is 0 Å². The van der Waals surface area contributed by atoms with E-state index in [2.05, 4.69) is 58.7 Å². The maximum absolute atomic E-state index is 6.14. The molecule has 0 amide bonds. The van der Waals surface area contributed by atoms with Gasteiger partial charge in [-0.3, -0.25) is 0 Å². The summed E-state index contributed by atoms with van der Waals surface area (Å²) in [5.74, 6) is 2.28. The number of hydrogen-bond donors (Lipinski definition) is 0. The van der Waals surface area contributed by atoms with E-state index in [9.17, 15) is 0 Å². The number of hydrogen-bond acceptors (Lipinski definition) is 5. The van der Waals surface area contributed by atoms with Crippen molar-refractivity contribution in [1.82, 2.24) is 14.8 Å². The van der Waals surface area contributed by atoms with Gasteiger partial charge < -0.3 is 14.0 Å². The van der Waals surface area contributed by atoms with Crippen LogP contribution >= 0.6 is 11.8 Å². The fraction of sp³-hybridized carbons (Fsp3) is 0.167. The summed E-state index contributed by atoms with van der Waals surface area (Å²) in [6.45, 7) is 0.419. The van der Waals surface area contributed by atoms with Gasteiger partial charge in [0.2, 0.25) is 0 Å². The molecule has 0 saturated heterocycles. The molecule has 4 aromatic rings. The SMILES string of the molecule is Cn1c(SC2c3ccccc3-c3ccccc32)nnc1C1COc2ccccc2O1. The van der Waals surface area contributed by atoms with Crippen molar-refractivity contribution in [3.63, 3.8) is 0 Å². The van der Waals surface area contributed by atoms with Crippen LogP contribution in [0.4, 0.5) is 0 Å². The minimum absolute atomic E-state index is 0.192. The van der Waals surface area contributed by atoms with Crippen molar-refractivity contribution in [2.24, 2.45) is 7.05 Å². The molecule has 1 aliphatic heterocycles. The topological polar surface area (TPSA) is 49.2 Å². The monoisotopic (exact) mass is 413 g/mol. The van der Waals surface area contributed by atoms with Gasteiger partial charge in [-0.15, -0.1) is 10.2 Å². The maximum Gasteiger partial charge on any atom is 0.192 e. The Labute approximate surface area is 178 Å². The van der Waals surface area contributed by atoms with Crippen molar-refractivity contribution >= 4 is 11.8 Å². The second-order valence-electron chi connectivity index (χ2n) is 7.44. The van der Waals surface area contributed by atoms with Gasteiger partial charge in [0.05, 0.1) is 5.25 Å². The predicted molar refractivity (Wildman–Crippen MR) is 116 cm³/mol. The standard InChI is InChI=1S/C24H19N3O2S/c1-27-23(21-14-28-19-12-6-7-13-20(19)29-21)25-26-24(27)30-22-17-10-4-2-8-15(17)16-9-3-5-11-18(16)22/h2-13,21-22H,14H2,1H3. The highest BCUT2D eigenvalue weighted by atomic mass is 32.2. The first-order valence-electron chi connectivity index (χ1n) is 9.92. The van der Waals surface area contributed by atoms with Crippen molar-refractivity contribution in [2.45, 2.75) is 16.5 Å². The molecule has 0 fully saturated rings. The van der Waals surface area contributed by atoms with Crippen LogP contribution in [0.2, 0.25) is 0 Å². The zero-order valence-electron chi connectivity index (χ0n) is 16.4. The Morgan fingerprint density at radius 3 is 2.20 bits per heavy atom. The Morgan fingerprint density at radius 1 is 0.833 bits per heavy atom. The predicted octanol–water partition coefficient (Wildman–Crippen LogP) is 5.19. The quantitative estimate of drug-likeness (QED) is 0.463. The van der Waals surface area contributed by atoms with Crippen LogP contribution in [0.25, 0.3) is 11.1 Å². The molecule has 2 heterocycles. The lowest BCUT2D eigenvalue weighted by atomic mass is 10.1. The lowest BCUT2D eigenvalue weighted by Crippen LogP contribution is -2.24. The molecular formula is C24H19N3O2S. The van der Waals surface area contributed by atoms with Crippen LogP contribution in [0.5, 0.6) is 11.5 Å². The van der Waals surface area contributed by atoms with E-state index >= 15 is 0 Å². The third-order valence-corrected chi connectivity index (χ3v) is 6.98. The molecule has 0 spiro atoms. The smallest absolute Gasteiger partial charge is 0.192 e. The Balaban J connectivity index is 1.32. The third kappa shape index (κ3) is 2.71. The second-order valence-corrected chi connectivity index (χ2v) is 8.51. The molecule has 0 saturated carbocycles. The molecule has 30 heavy (non-hydrogen) atoms. The summed E-state index contributed by atoms with van der Waals surface area (Å²) in [6, 6.07) is 24.9. The van der Waals surface area contributed by atoms with E-state index in [1.807, 2.05) is 35.9 Å². The Morgan fingerprint density at radius 2 is 1.47 bits per heavy atom. The molecular weight excluding hydrogens is 394 g/mol. The molecule has 3 aromatic carbocycles. The molecule has 0 N–H and O–H groups in total. The molecule has 0 bridgehead atoms. The van der Waals surface area contributed by atoms with Gasteiger partial charge in [0.25, 0.3) is 0 Å². The number of fused-ring (bicyclic) bond motifs is 4. The van der Waals surface area contributed by atoms with Crippen LogP contribution in [0.3, 0.4) is 0 Å². The number of aromatic nitrogens is 3. The molecule has 148 valence electrons.